The van der Waals surface area contributed by atoms with Gasteiger partial charge in [0.05, 0.1) is 18.8 Å². The van der Waals surface area contributed by atoms with Crippen LogP contribution in [0, 0.1) is 52.3 Å². The summed E-state index contributed by atoms with van der Waals surface area (Å²) in [5.74, 6) is 1.73. The number of aliphatic hydroxyl groups is 2. The Morgan fingerprint density at radius 1 is 1.00 bits per heavy atom. The van der Waals surface area contributed by atoms with Gasteiger partial charge in [0.1, 0.15) is 5.75 Å². The van der Waals surface area contributed by atoms with E-state index in [4.69, 9.17) is 4.74 Å². The van der Waals surface area contributed by atoms with E-state index in [1.165, 1.54) is 6.42 Å². The van der Waals surface area contributed by atoms with E-state index >= 15 is 0 Å². The summed E-state index contributed by atoms with van der Waals surface area (Å²) in [4.78, 5) is 12.0. The van der Waals surface area contributed by atoms with Gasteiger partial charge in [-0.25, -0.2) is 8.42 Å². The lowest BCUT2D eigenvalue weighted by Crippen LogP contribution is -2.62. The third-order valence-electron chi connectivity index (χ3n) is 11.8. The van der Waals surface area contributed by atoms with Gasteiger partial charge in [-0.1, -0.05) is 41.0 Å². The van der Waals surface area contributed by atoms with Gasteiger partial charge >= 0.3 is 5.97 Å². The number of ether oxygens (including phenoxy) is 1. The molecule has 0 saturated heterocycles. The molecule has 6 nitrogen and oxygen atoms in total. The Morgan fingerprint density at radius 3 is 2.33 bits per heavy atom. The first-order chi connectivity index (χ1) is 16.9. The minimum absolute atomic E-state index is 0.0480. The van der Waals surface area contributed by atoms with Crippen LogP contribution in [0.2, 0.25) is 0 Å². The van der Waals surface area contributed by atoms with Crippen LogP contribution in [0.3, 0.4) is 0 Å². The second-order valence-corrected chi connectivity index (χ2v) is 15.6. The van der Waals surface area contributed by atoms with Gasteiger partial charge < -0.3 is 14.9 Å². The number of fused-ring (bicyclic) bond motifs is 5. The predicted octanol–water partition coefficient (Wildman–Crippen LogP) is 4.62. The number of hydrogen-bond acceptors (Lipinski definition) is 6. The molecule has 4 aliphatic carbocycles. The van der Waals surface area contributed by atoms with Crippen LogP contribution in [0.15, 0.2) is 0 Å². The Morgan fingerprint density at radius 2 is 1.67 bits per heavy atom. The molecule has 0 aromatic rings. The number of rotatable bonds is 8. The third-order valence-corrected chi connectivity index (χ3v) is 13.3. The van der Waals surface area contributed by atoms with Crippen LogP contribution in [0.5, 0.6) is 0 Å². The molecule has 0 amide bonds. The first kappa shape index (κ1) is 28.4. The average Bonchev–Trinajstić information content (AvgIpc) is 3.17. The second-order valence-electron chi connectivity index (χ2n) is 13.3. The minimum atomic E-state index is -3.36. The molecule has 11 atom stereocenters. The molecule has 4 rings (SSSR count). The van der Waals surface area contributed by atoms with Gasteiger partial charge in [-0.15, -0.1) is 0 Å². The molecule has 0 aliphatic heterocycles. The number of carbonyl (C=O) groups excluding carboxylic acids is 1. The topological polar surface area (TPSA) is 101 Å². The fourth-order valence-electron chi connectivity index (χ4n) is 9.82. The maximum absolute atomic E-state index is 12.0. The fraction of sp³-hybridized carbons (Fsp3) is 0.966. The Balaban J connectivity index is 1.45. The van der Waals surface area contributed by atoms with Crippen LogP contribution < -0.4 is 0 Å². The van der Waals surface area contributed by atoms with E-state index in [1.807, 2.05) is 0 Å². The Kier molecular flexibility index (Phi) is 8.26. The summed E-state index contributed by atoms with van der Waals surface area (Å²) in [5.41, 5.74) is 0.384. The molecule has 0 aromatic heterocycles. The largest absolute Gasteiger partial charge is 0.465 e. The van der Waals surface area contributed by atoms with Gasteiger partial charge in [-0.3, -0.25) is 4.79 Å². The Bertz CT molecular complexity index is 903. The third kappa shape index (κ3) is 4.90. The van der Waals surface area contributed by atoms with Crippen LogP contribution in [0.25, 0.3) is 0 Å². The van der Waals surface area contributed by atoms with E-state index < -0.39 is 21.6 Å². The van der Waals surface area contributed by atoms with E-state index in [0.29, 0.717) is 35.5 Å². The van der Waals surface area contributed by atoms with Crippen molar-refractivity contribution in [3.8, 4) is 0 Å². The molecule has 0 heterocycles. The van der Waals surface area contributed by atoms with Crippen molar-refractivity contribution >= 4 is 15.8 Å². The lowest BCUT2D eigenvalue weighted by atomic mass is 9.41. The first-order valence-corrected chi connectivity index (χ1v) is 16.4. The first-order valence-electron chi connectivity index (χ1n) is 14.6. The number of esters is 1. The normalized spacial score (nSPS) is 45.3. The fourth-order valence-corrected chi connectivity index (χ4v) is 10.5. The second kappa shape index (κ2) is 10.5. The lowest BCUT2D eigenvalue weighted by molar-refractivity contribution is -0.203. The van der Waals surface area contributed by atoms with E-state index in [2.05, 4.69) is 27.7 Å². The van der Waals surface area contributed by atoms with E-state index in [-0.39, 0.29) is 41.3 Å². The number of carbonyl (C=O) groups is 1. The van der Waals surface area contributed by atoms with Crippen molar-refractivity contribution in [1.82, 2.24) is 0 Å². The lowest BCUT2D eigenvalue weighted by Gasteiger charge is -2.64. The molecule has 0 unspecified atom stereocenters. The van der Waals surface area contributed by atoms with Gasteiger partial charge in [0.25, 0.3) is 0 Å². The highest BCUT2D eigenvalue weighted by Crippen LogP contribution is 2.69. The summed E-state index contributed by atoms with van der Waals surface area (Å²) in [7, 11) is -3.36. The van der Waals surface area contributed by atoms with Crippen molar-refractivity contribution < 1.29 is 28.2 Å². The number of sulfone groups is 1. The van der Waals surface area contributed by atoms with Crippen molar-refractivity contribution in [3.05, 3.63) is 0 Å². The van der Waals surface area contributed by atoms with E-state index in [9.17, 15) is 23.4 Å². The standard InChI is InChI=1S/C29H50O6S/c1-6-20-24-16-19(30)10-13-29(24,5)23-11-14-28(4)21(8-9-22(28)26(23)27(20)32)18(3)12-15-35-25(31)17-36(33,34)7-2/h18-24,26-27,30,32H,6-17H2,1-5H3/t18-,19-,20-,21-,22+,23+,24+,26+,27-,28-,29-/m1/s1. The van der Waals surface area contributed by atoms with Crippen LogP contribution in [-0.4, -0.2) is 54.9 Å². The van der Waals surface area contributed by atoms with Crippen molar-refractivity contribution in [1.29, 1.82) is 0 Å². The highest BCUT2D eigenvalue weighted by atomic mass is 32.2. The predicted molar refractivity (Wildman–Crippen MR) is 141 cm³/mol. The zero-order chi connectivity index (χ0) is 26.5. The molecule has 36 heavy (non-hydrogen) atoms. The SMILES string of the molecule is CC[C@H]1[C@@H](O)[C@@H]2[C@H](CC[C@]3(C)[C@@H]([C@H](C)CCOC(=O)CS(=O)(=O)CC)CC[C@@H]23)[C@@]2(C)CC[C@@H](O)C[C@@H]12. The summed E-state index contributed by atoms with van der Waals surface area (Å²) in [6.45, 7) is 11.2. The number of hydrogen-bond donors (Lipinski definition) is 2. The smallest absolute Gasteiger partial charge is 0.321 e. The molecule has 0 bridgehead atoms. The van der Waals surface area contributed by atoms with Crippen molar-refractivity contribution in [2.45, 2.75) is 105 Å². The van der Waals surface area contributed by atoms with Crippen LogP contribution >= 0.6 is 0 Å². The molecule has 4 fully saturated rings. The summed E-state index contributed by atoms with van der Waals surface area (Å²) < 4.78 is 28.7. The highest BCUT2D eigenvalue weighted by molar-refractivity contribution is 7.92. The zero-order valence-electron chi connectivity index (χ0n) is 23.1. The molecule has 2 N–H and O–H groups in total. The summed E-state index contributed by atoms with van der Waals surface area (Å²) >= 11 is 0. The van der Waals surface area contributed by atoms with Gasteiger partial charge in [0, 0.05) is 5.75 Å². The molecular weight excluding hydrogens is 476 g/mol. The summed E-state index contributed by atoms with van der Waals surface area (Å²) in [6.07, 6.45) is 8.65. The van der Waals surface area contributed by atoms with Gasteiger partial charge in [0.15, 0.2) is 9.84 Å². The quantitative estimate of drug-likeness (QED) is 0.448. The average molecular weight is 527 g/mol. The molecule has 0 spiro atoms. The van der Waals surface area contributed by atoms with Crippen molar-refractivity contribution in [3.63, 3.8) is 0 Å². The molecule has 0 aromatic carbocycles. The summed E-state index contributed by atoms with van der Waals surface area (Å²) in [5, 5.41) is 22.3. The monoisotopic (exact) mass is 526 g/mol. The molecule has 7 heteroatoms. The molecule has 0 radical (unpaired) electrons. The Labute approximate surface area is 218 Å². The van der Waals surface area contributed by atoms with Gasteiger partial charge in [0.2, 0.25) is 0 Å². The van der Waals surface area contributed by atoms with Crippen molar-refractivity contribution in [2.75, 3.05) is 18.1 Å². The van der Waals surface area contributed by atoms with Crippen LogP contribution in [-0.2, 0) is 19.4 Å². The minimum Gasteiger partial charge on any atom is -0.465 e. The highest BCUT2D eigenvalue weighted by Gasteiger charge is 2.64. The maximum Gasteiger partial charge on any atom is 0.321 e. The van der Waals surface area contributed by atoms with E-state index in [0.717, 1.165) is 51.4 Å². The van der Waals surface area contributed by atoms with E-state index in [1.54, 1.807) is 6.92 Å². The van der Waals surface area contributed by atoms with Gasteiger partial charge in [-0.2, -0.15) is 0 Å². The number of aliphatic hydroxyl groups excluding tert-OH is 2. The van der Waals surface area contributed by atoms with Crippen LogP contribution in [0.1, 0.15) is 92.4 Å². The Hall–Kier alpha value is -0.660. The molecular formula is C29H50O6S. The van der Waals surface area contributed by atoms with Crippen molar-refractivity contribution in [2.24, 2.45) is 52.3 Å². The van der Waals surface area contributed by atoms with Gasteiger partial charge in [-0.05, 0) is 104 Å². The van der Waals surface area contributed by atoms with Crippen LogP contribution in [0.4, 0.5) is 0 Å². The summed E-state index contributed by atoms with van der Waals surface area (Å²) in [6, 6.07) is 0. The maximum atomic E-state index is 12.0. The molecule has 4 saturated carbocycles. The molecule has 4 aliphatic rings. The molecule has 208 valence electrons. The zero-order valence-corrected chi connectivity index (χ0v) is 23.9.